The summed E-state index contributed by atoms with van der Waals surface area (Å²) >= 11 is 0. The first-order valence-electron chi connectivity index (χ1n) is 3.60. The molecule has 0 unspecified atom stereocenters. The zero-order chi connectivity index (χ0) is 10.8. The quantitative estimate of drug-likeness (QED) is 0.743. The molecule has 0 aliphatic heterocycles. The first-order valence-corrected chi connectivity index (χ1v) is 3.60. The molecule has 0 aliphatic rings. The van der Waals surface area contributed by atoms with Gasteiger partial charge < -0.3 is 14.7 Å². The minimum absolute atomic E-state index is 0. The zero-order valence-electron chi connectivity index (χ0n) is 6.82. The van der Waals surface area contributed by atoms with E-state index in [4.69, 9.17) is 10.0 Å². The number of halogens is 3. The van der Waals surface area contributed by atoms with Gasteiger partial charge in [0, 0.05) is 0 Å². The molecule has 78 valence electrons. The van der Waals surface area contributed by atoms with Crippen molar-refractivity contribution in [3.8, 4) is 5.75 Å². The van der Waals surface area contributed by atoms with E-state index in [1.165, 1.54) is 12.1 Å². The molecule has 1 aromatic carbocycles. The Labute approximate surface area is 127 Å². The SMILES string of the molecule is OB(O)Oc1ccccc1C(F)(F)F.[KH]. The summed E-state index contributed by atoms with van der Waals surface area (Å²) in [5.74, 6) is -0.616. The van der Waals surface area contributed by atoms with E-state index < -0.39 is 24.8 Å². The number of alkyl halides is 3. The molecule has 0 amide bonds. The molecule has 0 spiro atoms. The van der Waals surface area contributed by atoms with E-state index in [-0.39, 0.29) is 51.4 Å². The molecule has 0 fully saturated rings. The van der Waals surface area contributed by atoms with Gasteiger partial charge >= 0.3 is 64.9 Å². The Bertz CT molecular complexity index is 319. The second-order valence-electron chi connectivity index (χ2n) is 2.44. The van der Waals surface area contributed by atoms with E-state index >= 15 is 0 Å². The third kappa shape index (κ3) is 4.86. The predicted octanol–water partition coefficient (Wildman–Crippen LogP) is 0.405. The van der Waals surface area contributed by atoms with E-state index in [9.17, 15) is 13.2 Å². The fourth-order valence-corrected chi connectivity index (χ4v) is 0.917. The van der Waals surface area contributed by atoms with Gasteiger partial charge in [-0.2, -0.15) is 13.2 Å². The standard InChI is InChI=1S/C7H6BF3O3.K.H/c9-7(10,11)5-3-1-2-4-6(5)14-8(12)13;;/h1-4,12-13H;;. The Kier molecular flexibility index (Phi) is 6.42. The Balaban J connectivity index is 0.00000196. The third-order valence-electron chi connectivity index (χ3n) is 1.42. The molecule has 0 aromatic heterocycles. The third-order valence-corrected chi connectivity index (χ3v) is 1.42. The van der Waals surface area contributed by atoms with Crippen molar-refractivity contribution in [2.75, 3.05) is 0 Å². The summed E-state index contributed by atoms with van der Waals surface area (Å²) in [6, 6.07) is 4.27. The van der Waals surface area contributed by atoms with Crippen LogP contribution in [-0.4, -0.2) is 68.8 Å². The molecule has 0 heterocycles. The molecule has 0 atom stereocenters. The first kappa shape index (κ1) is 15.4. The molecule has 8 heteroatoms. The molecule has 1 rings (SSSR count). The van der Waals surface area contributed by atoms with E-state index in [0.717, 1.165) is 12.1 Å². The summed E-state index contributed by atoms with van der Waals surface area (Å²) in [4.78, 5) is 0. The second kappa shape index (κ2) is 6.24. The summed E-state index contributed by atoms with van der Waals surface area (Å²) in [6.07, 6.45) is -4.58. The van der Waals surface area contributed by atoms with Crippen molar-refractivity contribution in [1.29, 1.82) is 0 Å². The van der Waals surface area contributed by atoms with Crippen molar-refractivity contribution in [3.05, 3.63) is 29.8 Å². The van der Waals surface area contributed by atoms with Gasteiger partial charge in [-0.05, 0) is 12.1 Å². The number of hydrogen-bond donors (Lipinski definition) is 2. The Morgan fingerprint density at radius 1 is 1.13 bits per heavy atom. The predicted molar refractivity (Wildman–Crippen MR) is 49.4 cm³/mol. The minimum atomic E-state index is -4.58. The van der Waals surface area contributed by atoms with Crippen molar-refractivity contribution in [1.82, 2.24) is 0 Å². The maximum absolute atomic E-state index is 12.3. The van der Waals surface area contributed by atoms with Crippen LogP contribution in [-0.2, 0) is 6.18 Å². The van der Waals surface area contributed by atoms with Gasteiger partial charge in [0.2, 0.25) is 0 Å². The molecular formula is C7H7BF3KO3. The van der Waals surface area contributed by atoms with Crippen LogP contribution in [0.1, 0.15) is 5.56 Å². The summed E-state index contributed by atoms with van der Waals surface area (Å²) in [6.45, 7) is 0. The average Bonchev–Trinajstić information content (AvgIpc) is 2.01. The monoisotopic (exact) mass is 246 g/mol. The van der Waals surface area contributed by atoms with E-state index in [1.54, 1.807) is 0 Å². The first-order chi connectivity index (χ1) is 6.41. The van der Waals surface area contributed by atoms with Crippen LogP contribution < -0.4 is 4.65 Å². The van der Waals surface area contributed by atoms with E-state index in [2.05, 4.69) is 4.65 Å². The van der Waals surface area contributed by atoms with Crippen molar-refractivity contribution >= 4 is 58.7 Å². The Morgan fingerprint density at radius 3 is 2.13 bits per heavy atom. The van der Waals surface area contributed by atoms with Gasteiger partial charge in [0.15, 0.2) is 0 Å². The second-order valence-corrected chi connectivity index (χ2v) is 2.44. The van der Waals surface area contributed by atoms with Crippen LogP contribution in [0.4, 0.5) is 13.2 Å². The molecule has 15 heavy (non-hydrogen) atoms. The van der Waals surface area contributed by atoms with Crippen LogP contribution in [0.15, 0.2) is 24.3 Å². The van der Waals surface area contributed by atoms with Crippen molar-refractivity contribution in [2.24, 2.45) is 0 Å². The van der Waals surface area contributed by atoms with Gasteiger partial charge in [-0.1, -0.05) is 12.1 Å². The van der Waals surface area contributed by atoms with Crippen LogP contribution in [0.25, 0.3) is 0 Å². The molecule has 0 bridgehead atoms. The number of rotatable bonds is 2. The van der Waals surface area contributed by atoms with E-state index in [0.29, 0.717) is 0 Å². The van der Waals surface area contributed by atoms with Crippen molar-refractivity contribution in [3.63, 3.8) is 0 Å². The number of para-hydroxylation sites is 1. The zero-order valence-corrected chi connectivity index (χ0v) is 6.82. The maximum atomic E-state index is 12.3. The van der Waals surface area contributed by atoms with E-state index in [1.807, 2.05) is 0 Å². The summed E-state index contributed by atoms with van der Waals surface area (Å²) in [7, 11) is -2.27. The van der Waals surface area contributed by atoms with Gasteiger partial charge in [0.25, 0.3) is 0 Å². The molecular weight excluding hydrogens is 239 g/mol. The van der Waals surface area contributed by atoms with Gasteiger partial charge in [0.05, 0.1) is 5.56 Å². The summed E-state index contributed by atoms with van der Waals surface area (Å²) in [5.41, 5.74) is -1.05. The fraction of sp³-hybridized carbons (Fsp3) is 0.143. The average molecular weight is 246 g/mol. The van der Waals surface area contributed by atoms with Gasteiger partial charge in [-0.15, -0.1) is 0 Å². The van der Waals surface area contributed by atoms with Crippen LogP contribution in [0.2, 0.25) is 0 Å². The van der Waals surface area contributed by atoms with Crippen LogP contribution in [0.3, 0.4) is 0 Å². The molecule has 2 N–H and O–H groups in total. The fourth-order valence-electron chi connectivity index (χ4n) is 0.917. The van der Waals surface area contributed by atoms with Crippen LogP contribution in [0, 0.1) is 0 Å². The van der Waals surface area contributed by atoms with Crippen molar-refractivity contribution in [2.45, 2.75) is 6.18 Å². The normalized spacial score (nSPS) is 10.5. The molecule has 0 radical (unpaired) electrons. The van der Waals surface area contributed by atoms with Gasteiger partial charge in [-0.25, -0.2) is 0 Å². The van der Waals surface area contributed by atoms with Crippen LogP contribution >= 0.6 is 0 Å². The molecule has 3 nitrogen and oxygen atoms in total. The Hall–Kier alpha value is 0.431. The Morgan fingerprint density at radius 2 is 1.67 bits per heavy atom. The molecule has 0 saturated heterocycles. The summed E-state index contributed by atoms with van der Waals surface area (Å²) in [5, 5.41) is 16.7. The number of benzene rings is 1. The molecule has 1 aromatic rings. The van der Waals surface area contributed by atoms with Crippen LogP contribution in [0.5, 0.6) is 5.75 Å². The topological polar surface area (TPSA) is 49.7 Å². The van der Waals surface area contributed by atoms with Gasteiger partial charge in [0.1, 0.15) is 5.75 Å². The molecule has 0 aliphatic carbocycles. The van der Waals surface area contributed by atoms with Crippen molar-refractivity contribution < 1.29 is 27.9 Å². The van der Waals surface area contributed by atoms with Gasteiger partial charge in [-0.3, -0.25) is 0 Å². The number of hydrogen-bond acceptors (Lipinski definition) is 3. The molecule has 0 saturated carbocycles. The summed E-state index contributed by atoms with van der Waals surface area (Å²) < 4.78 is 40.9.